The SMILES string of the molecule is CC(=O)OC[C@H](OC(C)=O)[C@H](OC(C)=O)[C@H](OC(C)=O)[C@H](OC(C)=O)[C@@H]1N[C@H](C(=O)O)C(C)(C)S1. The van der Waals surface area contributed by atoms with Crippen molar-refractivity contribution in [2.24, 2.45) is 0 Å². The molecule has 0 unspecified atom stereocenters. The fourth-order valence-corrected chi connectivity index (χ4v) is 4.99. The normalized spacial score (nSPS) is 22.0. The molecule has 0 aliphatic carbocycles. The second kappa shape index (κ2) is 12.7. The molecule has 6 atom stereocenters. The van der Waals surface area contributed by atoms with Gasteiger partial charge in [0, 0.05) is 39.4 Å². The number of aliphatic carboxylic acids is 1. The summed E-state index contributed by atoms with van der Waals surface area (Å²) in [5.41, 5.74) is 0. The van der Waals surface area contributed by atoms with E-state index in [2.05, 4.69) is 5.32 Å². The van der Waals surface area contributed by atoms with Crippen LogP contribution < -0.4 is 5.32 Å². The first-order chi connectivity index (χ1) is 16.0. The zero-order chi connectivity index (χ0) is 27.1. The highest BCUT2D eigenvalue weighted by Gasteiger charge is 2.54. The minimum Gasteiger partial charge on any atom is -0.480 e. The molecule has 1 fully saturated rings. The van der Waals surface area contributed by atoms with Crippen LogP contribution in [0, 0.1) is 0 Å². The van der Waals surface area contributed by atoms with E-state index >= 15 is 0 Å². The van der Waals surface area contributed by atoms with Crippen molar-refractivity contribution in [2.75, 3.05) is 6.61 Å². The van der Waals surface area contributed by atoms with Crippen LogP contribution in [0.5, 0.6) is 0 Å². The summed E-state index contributed by atoms with van der Waals surface area (Å²) in [5.74, 6) is -5.27. The maximum Gasteiger partial charge on any atom is 0.322 e. The fourth-order valence-electron chi connectivity index (χ4n) is 3.49. The first kappa shape index (κ1) is 30.2. The molecule has 35 heavy (non-hydrogen) atoms. The van der Waals surface area contributed by atoms with Crippen molar-refractivity contribution in [2.45, 2.75) is 89.0 Å². The summed E-state index contributed by atoms with van der Waals surface area (Å²) in [7, 11) is 0. The quantitative estimate of drug-likeness (QED) is 0.277. The third-order valence-corrected chi connectivity index (χ3v) is 6.19. The number of carbonyl (C=O) groups is 6. The van der Waals surface area contributed by atoms with Gasteiger partial charge < -0.3 is 28.8 Å². The summed E-state index contributed by atoms with van der Waals surface area (Å²) in [6, 6.07) is -1.08. The topological polar surface area (TPSA) is 181 Å². The van der Waals surface area contributed by atoms with E-state index in [0.29, 0.717) is 0 Å². The van der Waals surface area contributed by atoms with Gasteiger partial charge in [0.1, 0.15) is 12.6 Å². The predicted octanol–water partition coefficient (Wildman–Crippen LogP) is 0.171. The summed E-state index contributed by atoms with van der Waals surface area (Å²) in [6.07, 6.45) is -6.06. The van der Waals surface area contributed by atoms with Crippen molar-refractivity contribution < 1.29 is 57.6 Å². The molecule has 14 heteroatoms. The Labute approximate surface area is 206 Å². The van der Waals surface area contributed by atoms with Crippen molar-refractivity contribution in [3.8, 4) is 0 Å². The van der Waals surface area contributed by atoms with Gasteiger partial charge in [-0.05, 0) is 13.8 Å². The molecule has 1 aliphatic rings. The smallest absolute Gasteiger partial charge is 0.322 e. The predicted molar refractivity (Wildman–Crippen MR) is 119 cm³/mol. The molecule has 1 heterocycles. The summed E-state index contributed by atoms with van der Waals surface area (Å²) in [4.78, 5) is 70.9. The fraction of sp³-hybridized carbons (Fsp3) is 0.714. The Morgan fingerprint density at radius 3 is 1.69 bits per heavy atom. The molecule has 0 radical (unpaired) electrons. The molecular formula is C21H31NO12S. The number of rotatable bonds is 11. The molecule has 0 amide bonds. The van der Waals surface area contributed by atoms with Crippen LogP contribution in [0.1, 0.15) is 48.5 Å². The molecular weight excluding hydrogens is 490 g/mol. The third kappa shape index (κ3) is 9.36. The number of carboxylic acid groups (broad SMARTS) is 1. The Morgan fingerprint density at radius 1 is 0.800 bits per heavy atom. The average molecular weight is 522 g/mol. The second-order valence-corrected chi connectivity index (χ2v) is 10.0. The lowest BCUT2D eigenvalue weighted by molar-refractivity contribution is -0.203. The lowest BCUT2D eigenvalue weighted by Crippen LogP contribution is -2.58. The monoisotopic (exact) mass is 521 g/mol. The third-order valence-electron chi connectivity index (χ3n) is 4.69. The zero-order valence-electron chi connectivity index (χ0n) is 20.5. The maximum atomic E-state index is 12.0. The number of carboxylic acids is 1. The van der Waals surface area contributed by atoms with Crippen molar-refractivity contribution in [1.82, 2.24) is 5.32 Å². The van der Waals surface area contributed by atoms with Gasteiger partial charge in [-0.1, -0.05) is 0 Å². The molecule has 0 saturated carbocycles. The van der Waals surface area contributed by atoms with Crippen molar-refractivity contribution >= 4 is 47.6 Å². The van der Waals surface area contributed by atoms with Gasteiger partial charge in [-0.25, -0.2) is 0 Å². The largest absolute Gasteiger partial charge is 0.480 e. The van der Waals surface area contributed by atoms with E-state index in [-0.39, 0.29) is 0 Å². The lowest BCUT2D eigenvalue weighted by atomic mass is 10.00. The Bertz CT molecular complexity index is 844. The van der Waals surface area contributed by atoms with Crippen LogP contribution in [0.3, 0.4) is 0 Å². The second-order valence-electron chi connectivity index (χ2n) is 8.25. The zero-order valence-corrected chi connectivity index (χ0v) is 21.3. The van der Waals surface area contributed by atoms with Crippen LogP contribution >= 0.6 is 11.8 Å². The van der Waals surface area contributed by atoms with Crippen LogP contribution in [0.25, 0.3) is 0 Å². The van der Waals surface area contributed by atoms with Gasteiger partial charge in [-0.3, -0.25) is 34.1 Å². The molecule has 0 aromatic carbocycles. The van der Waals surface area contributed by atoms with Crippen LogP contribution in [-0.4, -0.2) is 88.1 Å². The number of nitrogens with one attached hydrogen (secondary N) is 1. The number of hydrogen-bond acceptors (Lipinski definition) is 13. The van der Waals surface area contributed by atoms with E-state index < -0.39 is 83.0 Å². The Morgan fingerprint density at radius 2 is 1.29 bits per heavy atom. The first-order valence-corrected chi connectivity index (χ1v) is 11.4. The van der Waals surface area contributed by atoms with E-state index in [9.17, 15) is 33.9 Å². The molecule has 1 aliphatic heterocycles. The standard InChI is InChI=1S/C21H31NO12S/c1-9(23)30-8-14(31-10(2)24)15(32-11(3)25)16(33-12(4)26)17(34-13(5)27)19-22-18(20(28)29)21(6,7)35-19/h14-19,22H,8H2,1-7H3,(H,28,29)/t14-,15-,16-,17-,18+,19+/m0/s1. The van der Waals surface area contributed by atoms with Crippen molar-refractivity contribution in [3.05, 3.63) is 0 Å². The van der Waals surface area contributed by atoms with E-state index in [1.165, 1.54) is 0 Å². The maximum absolute atomic E-state index is 12.0. The van der Waals surface area contributed by atoms with Gasteiger partial charge in [-0.2, -0.15) is 0 Å². The Balaban J connectivity index is 3.59. The number of esters is 5. The van der Waals surface area contributed by atoms with Gasteiger partial charge >= 0.3 is 35.8 Å². The summed E-state index contributed by atoms with van der Waals surface area (Å²) in [6.45, 7) is 8.07. The first-order valence-electron chi connectivity index (χ1n) is 10.5. The minimum absolute atomic E-state index is 0.577. The number of hydrogen-bond donors (Lipinski definition) is 2. The minimum atomic E-state index is -1.60. The van der Waals surface area contributed by atoms with Gasteiger partial charge in [-0.15, -0.1) is 11.8 Å². The highest BCUT2D eigenvalue weighted by Crippen LogP contribution is 2.41. The van der Waals surface area contributed by atoms with Crippen LogP contribution in [0.2, 0.25) is 0 Å². The molecule has 0 aromatic rings. The Kier molecular flexibility index (Phi) is 11.0. The highest BCUT2D eigenvalue weighted by atomic mass is 32.2. The molecule has 2 N–H and O–H groups in total. The molecule has 0 bridgehead atoms. The molecule has 0 spiro atoms. The van der Waals surface area contributed by atoms with Crippen molar-refractivity contribution in [3.63, 3.8) is 0 Å². The average Bonchev–Trinajstić information content (AvgIpc) is 3.00. The van der Waals surface area contributed by atoms with Gasteiger partial charge in [0.05, 0.1) is 5.37 Å². The van der Waals surface area contributed by atoms with Crippen LogP contribution in [0.15, 0.2) is 0 Å². The summed E-state index contributed by atoms with van der Waals surface area (Å²) < 4.78 is 25.4. The van der Waals surface area contributed by atoms with E-state index in [1.807, 2.05) is 0 Å². The Hall–Kier alpha value is -2.87. The molecule has 1 rings (SSSR count). The van der Waals surface area contributed by atoms with E-state index in [1.54, 1.807) is 13.8 Å². The van der Waals surface area contributed by atoms with E-state index in [4.69, 9.17) is 23.7 Å². The molecule has 0 aromatic heterocycles. The number of thioether (sulfide) groups is 1. The van der Waals surface area contributed by atoms with Crippen LogP contribution in [-0.2, 0) is 52.5 Å². The summed E-state index contributed by atoms with van der Waals surface area (Å²) in [5, 5.41) is 11.5. The van der Waals surface area contributed by atoms with Gasteiger partial charge in [0.2, 0.25) is 0 Å². The van der Waals surface area contributed by atoms with E-state index in [0.717, 1.165) is 46.4 Å². The molecule has 1 saturated heterocycles. The van der Waals surface area contributed by atoms with Gasteiger partial charge in [0.15, 0.2) is 24.4 Å². The highest BCUT2D eigenvalue weighted by molar-refractivity contribution is 8.01. The lowest BCUT2D eigenvalue weighted by Gasteiger charge is -2.37. The number of ether oxygens (including phenoxy) is 5. The van der Waals surface area contributed by atoms with Crippen LogP contribution in [0.4, 0.5) is 0 Å². The van der Waals surface area contributed by atoms with Crippen molar-refractivity contribution in [1.29, 1.82) is 0 Å². The summed E-state index contributed by atoms with van der Waals surface area (Å²) >= 11 is 1.10. The molecule has 198 valence electrons. The molecule has 13 nitrogen and oxygen atoms in total. The van der Waals surface area contributed by atoms with Gasteiger partial charge in [0.25, 0.3) is 0 Å². The number of carbonyl (C=O) groups excluding carboxylic acids is 5.